The zero-order chi connectivity index (χ0) is 52.0. The normalized spacial score (nSPS) is 13.6. The van der Waals surface area contributed by atoms with Gasteiger partial charge in [0.2, 0.25) is 5.75 Å². The third kappa shape index (κ3) is 12.9. The SMILES string of the molecule is CC1(C)Cc2ccccc2C(NNC(=O)c2ccccn2)=N1.COC(=O)C1=C(C)NC(C)=C(C(=O)OC)C1c1ccc(O)cc1.COc1cc(/C=N/NC(=O)c2cc(-c3ccccc3)n[nH]2)cc(OC)c1O. The van der Waals surface area contributed by atoms with Gasteiger partial charge in [0.15, 0.2) is 11.5 Å². The first kappa shape index (κ1) is 52.1. The van der Waals surface area contributed by atoms with Gasteiger partial charge in [0.25, 0.3) is 11.8 Å². The lowest BCUT2D eigenvalue weighted by Gasteiger charge is -2.30. The van der Waals surface area contributed by atoms with E-state index in [-0.39, 0.29) is 40.1 Å². The number of esters is 2. The van der Waals surface area contributed by atoms with E-state index < -0.39 is 23.8 Å². The Morgan fingerprint density at radius 2 is 1.38 bits per heavy atom. The Hall–Kier alpha value is -9.26. The minimum atomic E-state index is -0.628. The average molecular weight is 978 g/mol. The van der Waals surface area contributed by atoms with Crippen molar-refractivity contribution in [2.24, 2.45) is 10.1 Å². The number of nitrogens with one attached hydrogen (secondary N) is 5. The molecule has 0 radical (unpaired) electrons. The van der Waals surface area contributed by atoms with Gasteiger partial charge in [-0.15, -0.1) is 0 Å². The van der Waals surface area contributed by atoms with E-state index in [0.717, 1.165) is 17.5 Å². The molecule has 2 amide bonds. The summed E-state index contributed by atoms with van der Waals surface area (Å²) in [5.74, 6) is -1.25. The molecule has 2 aliphatic heterocycles. The monoisotopic (exact) mass is 977 g/mol. The topological polar surface area (TPSA) is 260 Å². The molecule has 0 saturated carbocycles. The highest BCUT2D eigenvalue weighted by atomic mass is 16.5. The van der Waals surface area contributed by atoms with Gasteiger partial charge in [-0.1, -0.05) is 72.8 Å². The summed E-state index contributed by atoms with van der Waals surface area (Å²) in [6, 6.07) is 33.9. The molecule has 0 saturated heterocycles. The molecule has 2 aliphatic rings. The highest BCUT2D eigenvalue weighted by Gasteiger charge is 2.37. The summed E-state index contributed by atoms with van der Waals surface area (Å²) in [7, 11) is 5.44. The summed E-state index contributed by atoms with van der Waals surface area (Å²) in [4.78, 5) is 57.5. The van der Waals surface area contributed by atoms with E-state index in [1.165, 1.54) is 52.3 Å². The van der Waals surface area contributed by atoms with Crippen LogP contribution in [0.1, 0.15) is 76.8 Å². The van der Waals surface area contributed by atoms with Gasteiger partial charge in [-0.2, -0.15) is 10.2 Å². The second-order valence-corrected chi connectivity index (χ2v) is 16.6. The van der Waals surface area contributed by atoms with Crippen molar-refractivity contribution >= 4 is 35.8 Å². The van der Waals surface area contributed by atoms with Crippen molar-refractivity contribution in [1.29, 1.82) is 0 Å². The number of allylic oxidation sites excluding steroid dienone is 2. The van der Waals surface area contributed by atoms with Crippen LogP contribution in [0.25, 0.3) is 11.3 Å². The molecule has 72 heavy (non-hydrogen) atoms. The fourth-order valence-electron chi connectivity index (χ4n) is 7.71. The first-order valence-corrected chi connectivity index (χ1v) is 22.3. The van der Waals surface area contributed by atoms with E-state index in [0.29, 0.717) is 50.9 Å². The number of benzene rings is 4. The minimum absolute atomic E-state index is 0.100. The molecule has 4 heterocycles. The maximum Gasteiger partial charge on any atom is 0.336 e. The molecular weight excluding hydrogens is 923 g/mol. The summed E-state index contributed by atoms with van der Waals surface area (Å²) >= 11 is 0. The maximum atomic E-state index is 12.2. The highest BCUT2D eigenvalue weighted by molar-refractivity contribution is 6.03. The molecular formula is C53H55N9O10. The summed E-state index contributed by atoms with van der Waals surface area (Å²) in [5, 5.41) is 33.1. The number of fused-ring (bicyclic) bond motifs is 1. The Kier molecular flexibility index (Phi) is 17.3. The van der Waals surface area contributed by atoms with E-state index in [2.05, 4.69) is 61.8 Å². The molecule has 19 heteroatoms. The lowest BCUT2D eigenvalue weighted by Crippen LogP contribution is -2.45. The number of H-pyrrole nitrogens is 1. The van der Waals surface area contributed by atoms with Crippen LogP contribution in [0.15, 0.2) is 154 Å². The Bertz CT molecular complexity index is 2980. The molecule has 7 N–H and O–H groups in total. The number of pyridine rings is 1. The van der Waals surface area contributed by atoms with Crippen molar-refractivity contribution in [3.05, 3.63) is 178 Å². The molecule has 0 spiro atoms. The Balaban J connectivity index is 0.000000178. The van der Waals surface area contributed by atoms with Crippen molar-refractivity contribution in [3.8, 4) is 34.3 Å². The number of methoxy groups -OCH3 is 4. The van der Waals surface area contributed by atoms with Gasteiger partial charge >= 0.3 is 11.9 Å². The summed E-state index contributed by atoms with van der Waals surface area (Å²) in [6.45, 7) is 7.64. The number of aromatic nitrogens is 3. The zero-order valence-corrected chi connectivity index (χ0v) is 40.9. The quantitative estimate of drug-likeness (QED) is 0.0432. The highest BCUT2D eigenvalue weighted by Crippen LogP contribution is 2.40. The number of amides is 2. The Morgan fingerprint density at radius 3 is 1.97 bits per heavy atom. The predicted octanol–water partition coefficient (Wildman–Crippen LogP) is 6.63. The number of phenolic OH excluding ortho intramolecular Hbond substituents is 2. The van der Waals surface area contributed by atoms with Crippen LogP contribution in [-0.2, 0) is 25.5 Å². The van der Waals surface area contributed by atoms with Gasteiger partial charge in [-0.3, -0.25) is 35.5 Å². The molecule has 0 fully saturated rings. The zero-order valence-electron chi connectivity index (χ0n) is 40.9. The number of hydrogen-bond acceptors (Lipinski definition) is 16. The van der Waals surface area contributed by atoms with Crippen LogP contribution in [0.2, 0.25) is 0 Å². The van der Waals surface area contributed by atoms with Gasteiger partial charge in [0, 0.05) is 34.3 Å². The van der Waals surface area contributed by atoms with E-state index in [4.69, 9.17) is 23.9 Å². The molecule has 0 atom stereocenters. The van der Waals surface area contributed by atoms with Crippen LogP contribution in [0.4, 0.5) is 0 Å². The number of carbonyl (C=O) groups excluding carboxylic acids is 4. The first-order chi connectivity index (χ1) is 34.6. The van der Waals surface area contributed by atoms with Crippen molar-refractivity contribution in [2.45, 2.75) is 45.6 Å². The van der Waals surface area contributed by atoms with Crippen molar-refractivity contribution in [2.75, 3.05) is 28.4 Å². The van der Waals surface area contributed by atoms with Gasteiger partial charge in [-0.05, 0) is 87.7 Å². The van der Waals surface area contributed by atoms with Crippen molar-refractivity contribution in [3.63, 3.8) is 0 Å². The van der Waals surface area contributed by atoms with Crippen LogP contribution >= 0.6 is 0 Å². The number of aromatic amines is 1. The molecule has 19 nitrogen and oxygen atoms in total. The minimum Gasteiger partial charge on any atom is -0.508 e. The average Bonchev–Trinajstić information content (AvgIpc) is 3.89. The van der Waals surface area contributed by atoms with Gasteiger partial charge in [-0.25, -0.2) is 15.0 Å². The fourth-order valence-corrected chi connectivity index (χ4v) is 7.71. The number of phenols is 2. The molecule has 0 unspecified atom stereocenters. The standard InChI is InChI=1S/C19H18N4O4.C17H18N4O.C17H19NO5/c1-26-16-8-12(9-17(27-2)18(16)24)11-20-23-19(25)15-10-14(21-22-15)13-6-4-3-5-7-13;1-17(2)11-12-7-3-4-8-13(12)15(19-17)20-21-16(22)14-9-5-6-10-18-14;1-9-13(16(20)22-3)15(11-5-7-12(19)8-6-11)14(10(2)18-9)17(21)23-4/h3-11,24H,1-2H3,(H,21,22)(H,23,25);3-10H,11H2,1-2H3,(H,19,20)(H,21,22);5-8,15,18-19H,1-4H3/b20-11+;;. The van der Waals surface area contributed by atoms with Crippen LogP contribution < -0.4 is 31.1 Å². The maximum absolute atomic E-state index is 12.2. The second kappa shape index (κ2) is 23.8. The largest absolute Gasteiger partial charge is 0.508 e. The molecule has 0 aliphatic carbocycles. The number of aromatic hydroxyl groups is 2. The number of aliphatic imine (C=N–C) groups is 1. The molecule has 6 aromatic rings. The molecule has 4 aromatic carbocycles. The van der Waals surface area contributed by atoms with Crippen molar-refractivity contribution < 1.29 is 48.3 Å². The Labute approximate surface area is 415 Å². The first-order valence-electron chi connectivity index (χ1n) is 22.3. The smallest absolute Gasteiger partial charge is 0.336 e. The number of ether oxygens (including phenoxy) is 4. The molecule has 372 valence electrons. The Morgan fingerprint density at radius 1 is 0.764 bits per heavy atom. The predicted molar refractivity (Wildman–Crippen MR) is 269 cm³/mol. The number of amidine groups is 1. The number of rotatable bonds is 10. The van der Waals surface area contributed by atoms with E-state index in [1.807, 2.05) is 48.5 Å². The number of dihydropyridines is 1. The van der Waals surface area contributed by atoms with Crippen LogP contribution in [0.5, 0.6) is 23.0 Å². The summed E-state index contributed by atoms with van der Waals surface area (Å²) in [6.07, 6.45) is 3.88. The van der Waals surface area contributed by atoms with Gasteiger partial charge in [0.05, 0.1) is 63.0 Å². The summed E-state index contributed by atoms with van der Waals surface area (Å²) < 4.78 is 19.9. The third-order valence-electron chi connectivity index (χ3n) is 11.1. The number of hydrazone groups is 1. The van der Waals surface area contributed by atoms with Crippen LogP contribution in [0, 0.1) is 0 Å². The van der Waals surface area contributed by atoms with Gasteiger partial charge in [0.1, 0.15) is 23.0 Å². The fraction of sp³-hybridized carbons (Fsp3) is 0.208. The molecule has 8 rings (SSSR count). The van der Waals surface area contributed by atoms with Crippen LogP contribution in [0.3, 0.4) is 0 Å². The second-order valence-electron chi connectivity index (χ2n) is 16.6. The number of hydrazine groups is 1. The number of carbonyl (C=O) groups is 4. The van der Waals surface area contributed by atoms with E-state index in [9.17, 15) is 29.4 Å². The van der Waals surface area contributed by atoms with E-state index in [1.54, 1.807) is 68.6 Å². The molecule has 0 bridgehead atoms. The van der Waals surface area contributed by atoms with E-state index >= 15 is 0 Å². The third-order valence-corrected chi connectivity index (χ3v) is 11.1. The van der Waals surface area contributed by atoms with Crippen molar-refractivity contribution in [1.82, 2.24) is 36.8 Å². The number of hydrogen-bond donors (Lipinski definition) is 7. The number of nitrogens with zero attached hydrogens (tertiary/aromatic N) is 4. The lowest BCUT2D eigenvalue weighted by atomic mass is 9.80. The van der Waals surface area contributed by atoms with Gasteiger partial charge < -0.3 is 34.5 Å². The molecule has 2 aromatic heterocycles. The lowest BCUT2D eigenvalue weighted by molar-refractivity contribution is -0.137. The summed E-state index contributed by atoms with van der Waals surface area (Å²) in [5.41, 5.74) is 15.4. The van der Waals surface area contributed by atoms with Crippen LogP contribution in [-0.4, -0.2) is 95.2 Å².